The van der Waals surface area contributed by atoms with Crippen LogP contribution in [0.4, 0.5) is 0 Å². The zero-order valence-corrected chi connectivity index (χ0v) is 8.08. The first-order valence-corrected chi connectivity index (χ1v) is 5.59. The van der Waals surface area contributed by atoms with Crippen LogP contribution in [0.15, 0.2) is 34.1 Å². The molecule has 0 bridgehead atoms. The van der Waals surface area contributed by atoms with E-state index < -0.39 is 0 Å². The topological polar surface area (TPSA) is 17.1 Å². The van der Waals surface area contributed by atoms with Crippen molar-refractivity contribution >= 4 is 28.6 Å². The standard InChI is InChI=1S/C9H8OS2/c10-9-5-6-11-7-3-1-2-4-8(7)12-9/h1-4H,5-6H2. The summed E-state index contributed by atoms with van der Waals surface area (Å²) < 4.78 is 0. The normalized spacial score (nSPS) is 16.8. The first-order chi connectivity index (χ1) is 5.86. The lowest BCUT2D eigenvalue weighted by Gasteiger charge is -2.00. The Morgan fingerprint density at radius 3 is 2.75 bits per heavy atom. The first kappa shape index (κ1) is 8.20. The molecule has 0 aliphatic carbocycles. The summed E-state index contributed by atoms with van der Waals surface area (Å²) >= 11 is 3.14. The highest BCUT2D eigenvalue weighted by Crippen LogP contribution is 2.35. The number of fused-ring (bicyclic) bond motifs is 1. The van der Waals surface area contributed by atoms with Crippen LogP contribution in [0.2, 0.25) is 0 Å². The Kier molecular flexibility index (Phi) is 2.42. The van der Waals surface area contributed by atoms with Crippen molar-refractivity contribution in [1.29, 1.82) is 0 Å². The van der Waals surface area contributed by atoms with Crippen LogP contribution in [-0.2, 0) is 4.79 Å². The van der Waals surface area contributed by atoms with E-state index in [-0.39, 0.29) is 5.12 Å². The van der Waals surface area contributed by atoms with Gasteiger partial charge >= 0.3 is 0 Å². The predicted octanol–water partition coefficient (Wildman–Crippen LogP) is 2.80. The van der Waals surface area contributed by atoms with Crippen LogP contribution in [-0.4, -0.2) is 10.9 Å². The SMILES string of the molecule is O=C1CCSc2ccccc2S1. The van der Waals surface area contributed by atoms with E-state index in [2.05, 4.69) is 6.07 Å². The number of benzene rings is 1. The van der Waals surface area contributed by atoms with Gasteiger partial charge in [0.25, 0.3) is 0 Å². The monoisotopic (exact) mass is 196 g/mol. The largest absolute Gasteiger partial charge is 0.287 e. The Balaban J connectivity index is 2.37. The van der Waals surface area contributed by atoms with Crippen LogP contribution in [0.1, 0.15) is 6.42 Å². The van der Waals surface area contributed by atoms with Gasteiger partial charge in [-0.3, -0.25) is 4.79 Å². The summed E-state index contributed by atoms with van der Waals surface area (Å²) in [6.45, 7) is 0. The average Bonchev–Trinajstić information content (AvgIpc) is 2.25. The van der Waals surface area contributed by atoms with Gasteiger partial charge in [0, 0.05) is 22.0 Å². The van der Waals surface area contributed by atoms with E-state index in [0.717, 1.165) is 10.6 Å². The van der Waals surface area contributed by atoms with Gasteiger partial charge in [0.2, 0.25) is 0 Å². The molecule has 3 heteroatoms. The van der Waals surface area contributed by atoms with Gasteiger partial charge < -0.3 is 0 Å². The molecule has 1 aliphatic heterocycles. The van der Waals surface area contributed by atoms with E-state index in [1.807, 2.05) is 18.2 Å². The van der Waals surface area contributed by atoms with Crippen molar-refractivity contribution < 1.29 is 4.79 Å². The molecule has 0 spiro atoms. The maximum absolute atomic E-state index is 11.2. The summed E-state index contributed by atoms with van der Waals surface area (Å²) in [7, 11) is 0. The smallest absolute Gasteiger partial charge is 0.194 e. The van der Waals surface area contributed by atoms with E-state index in [9.17, 15) is 4.79 Å². The fourth-order valence-corrected chi connectivity index (χ4v) is 3.16. The van der Waals surface area contributed by atoms with Crippen LogP contribution in [0.5, 0.6) is 0 Å². The second-order valence-corrected chi connectivity index (χ2v) is 4.76. The van der Waals surface area contributed by atoms with Crippen molar-refractivity contribution in [2.45, 2.75) is 16.2 Å². The third-order valence-corrected chi connectivity index (χ3v) is 3.85. The fraction of sp³-hybridized carbons (Fsp3) is 0.222. The number of rotatable bonds is 0. The number of hydrogen-bond donors (Lipinski definition) is 0. The molecular weight excluding hydrogens is 188 g/mol. The maximum atomic E-state index is 11.2. The first-order valence-electron chi connectivity index (χ1n) is 3.79. The van der Waals surface area contributed by atoms with E-state index in [1.165, 1.54) is 16.7 Å². The van der Waals surface area contributed by atoms with Crippen molar-refractivity contribution in [1.82, 2.24) is 0 Å². The number of carbonyl (C=O) groups is 1. The van der Waals surface area contributed by atoms with Crippen molar-refractivity contribution in [3.8, 4) is 0 Å². The summed E-state index contributed by atoms with van der Waals surface area (Å²) in [4.78, 5) is 13.6. The zero-order chi connectivity index (χ0) is 8.39. The number of carbonyl (C=O) groups excluding carboxylic acids is 1. The van der Waals surface area contributed by atoms with Crippen LogP contribution < -0.4 is 0 Å². The van der Waals surface area contributed by atoms with Crippen molar-refractivity contribution in [2.75, 3.05) is 5.75 Å². The molecule has 0 radical (unpaired) electrons. The summed E-state index contributed by atoms with van der Waals surface area (Å²) in [6, 6.07) is 8.08. The molecule has 0 saturated carbocycles. The van der Waals surface area contributed by atoms with E-state index in [1.54, 1.807) is 11.8 Å². The molecule has 62 valence electrons. The molecule has 0 fully saturated rings. The fourth-order valence-electron chi connectivity index (χ4n) is 1.07. The highest BCUT2D eigenvalue weighted by atomic mass is 32.2. The van der Waals surface area contributed by atoms with Gasteiger partial charge in [0.05, 0.1) is 0 Å². The molecule has 1 nitrogen and oxygen atoms in total. The molecule has 1 heterocycles. The minimum absolute atomic E-state index is 0.285. The minimum Gasteiger partial charge on any atom is -0.287 e. The number of hydrogen-bond acceptors (Lipinski definition) is 3. The van der Waals surface area contributed by atoms with Crippen molar-refractivity contribution in [3.63, 3.8) is 0 Å². The summed E-state index contributed by atoms with van der Waals surface area (Å²) in [5.41, 5.74) is 0. The summed E-state index contributed by atoms with van der Waals surface area (Å²) in [5.74, 6) is 0.919. The average molecular weight is 196 g/mol. The third kappa shape index (κ3) is 1.67. The zero-order valence-electron chi connectivity index (χ0n) is 6.45. The predicted molar refractivity (Wildman–Crippen MR) is 52.6 cm³/mol. The van der Waals surface area contributed by atoms with Gasteiger partial charge in [-0.1, -0.05) is 23.9 Å². The molecule has 0 unspecified atom stereocenters. The highest BCUT2D eigenvalue weighted by Gasteiger charge is 2.13. The van der Waals surface area contributed by atoms with E-state index >= 15 is 0 Å². The number of thioether (sulfide) groups is 2. The van der Waals surface area contributed by atoms with Crippen molar-refractivity contribution in [2.24, 2.45) is 0 Å². The van der Waals surface area contributed by atoms with E-state index in [4.69, 9.17) is 0 Å². The molecule has 1 aromatic rings. The summed E-state index contributed by atoms with van der Waals surface area (Å²) in [6.07, 6.45) is 0.685. The molecule has 2 rings (SSSR count). The molecule has 0 atom stereocenters. The van der Waals surface area contributed by atoms with Crippen LogP contribution in [0.25, 0.3) is 0 Å². The molecule has 0 N–H and O–H groups in total. The molecule has 12 heavy (non-hydrogen) atoms. The van der Waals surface area contributed by atoms with Gasteiger partial charge in [-0.05, 0) is 12.1 Å². The van der Waals surface area contributed by atoms with Crippen LogP contribution in [0.3, 0.4) is 0 Å². The van der Waals surface area contributed by atoms with Crippen molar-refractivity contribution in [3.05, 3.63) is 24.3 Å². The molecule has 1 aliphatic rings. The lowest BCUT2D eigenvalue weighted by atomic mass is 10.4. The van der Waals surface area contributed by atoms with Gasteiger partial charge in [-0.15, -0.1) is 11.8 Å². The quantitative estimate of drug-likeness (QED) is 0.635. The Labute approximate surface area is 79.9 Å². The van der Waals surface area contributed by atoms with E-state index in [0.29, 0.717) is 6.42 Å². The van der Waals surface area contributed by atoms with Crippen LogP contribution in [0, 0.1) is 0 Å². The Morgan fingerprint density at radius 2 is 1.92 bits per heavy atom. The lowest BCUT2D eigenvalue weighted by molar-refractivity contribution is -0.110. The Bertz CT molecular complexity index is 309. The lowest BCUT2D eigenvalue weighted by Crippen LogP contribution is -1.88. The highest BCUT2D eigenvalue weighted by molar-refractivity contribution is 8.14. The molecule has 1 aromatic carbocycles. The minimum atomic E-state index is 0.285. The van der Waals surface area contributed by atoms with Crippen LogP contribution >= 0.6 is 23.5 Å². The molecule has 0 aromatic heterocycles. The Morgan fingerprint density at radius 1 is 1.17 bits per heavy atom. The Hall–Kier alpha value is -0.410. The van der Waals surface area contributed by atoms with Gasteiger partial charge in [-0.2, -0.15) is 0 Å². The molecular formula is C9H8OS2. The maximum Gasteiger partial charge on any atom is 0.194 e. The van der Waals surface area contributed by atoms with Gasteiger partial charge in [0.15, 0.2) is 5.12 Å². The third-order valence-electron chi connectivity index (χ3n) is 1.64. The second kappa shape index (κ2) is 3.54. The summed E-state index contributed by atoms with van der Waals surface area (Å²) in [5, 5.41) is 0.285. The molecule has 0 amide bonds. The van der Waals surface area contributed by atoms with Gasteiger partial charge in [-0.25, -0.2) is 0 Å². The second-order valence-electron chi connectivity index (χ2n) is 2.52. The van der Waals surface area contributed by atoms with Gasteiger partial charge in [0.1, 0.15) is 0 Å². The molecule has 0 saturated heterocycles.